The Bertz CT molecular complexity index is 798. The summed E-state index contributed by atoms with van der Waals surface area (Å²) in [6.45, 7) is 10.2. The summed E-state index contributed by atoms with van der Waals surface area (Å²) in [7, 11) is 1.62. The van der Waals surface area contributed by atoms with Gasteiger partial charge in [-0.25, -0.2) is 0 Å². The van der Waals surface area contributed by atoms with Crippen LogP contribution in [0.4, 0.5) is 11.4 Å². The highest BCUT2D eigenvalue weighted by Gasteiger charge is 2.30. The van der Waals surface area contributed by atoms with Gasteiger partial charge in [0.25, 0.3) is 5.91 Å². The van der Waals surface area contributed by atoms with Gasteiger partial charge in [0.05, 0.1) is 39.0 Å². The van der Waals surface area contributed by atoms with E-state index in [9.17, 15) is 4.79 Å². The quantitative estimate of drug-likeness (QED) is 0.849. The summed E-state index contributed by atoms with van der Waals surface area (Å²) in [5.41, 5.74) is 4.72. The minimum absolute atomic E-state index is 0.0367. The van der Waals surface area contributed by atoms with Gasteiger partial charge < -0.3 is 19.9 Å². The molecule has 1 amide bonds. The van der Waals surface area contributed by atoms with Crippen molar-refractivity contribution in [2.75, 3.05) is 43.5 Å². The number of benzene rings is 2. The molecule has 0 bridgehead atoms. The zero-order valence-electron chi connectivity index (χ0n) is 16.7. The second kappa shape index (κ2) is 8.44. The van der Waals surface area contributed by atoms with E-state index in [4.69, 9.17) is 4.74 Å². The highest BCUT2D eigenvalue weighted by Crippen LogP contribution is 2.24. The number of methoxy groups -OCH3 is 1. The maximum atomic E-state index is 12.7. The van der Waals surface area contributed by atoms with Gasteiger partial charge >= 0.3 is 0 Å². The Balaban J connectivity index is 1.60. The molecule has 1 atom stereocenters. The van der Waals surface area contributed by atoms with Gasteiger partial charge in [-0.2, -0.15) is 0 Å². The molecule has 5 nitrogen and oxygen atoms in total. The summed E-state index contributed by atoms with van der Waals surface area (Å²) in [5.74, 6) is 0.725. The summed E-state index contributed by atoms with van der Waals surface area (Å²) in [6, 6.07) is 13.9. The average molecular weight is 369 g/mol. The molecule has 2 aromatic carbocycles. The number of ether oxygens (including phenoxy) is 1. The van der Waals surface area contributed by atoms with E-state index in [2.05, 4.69) is 42.3 Å². The predicted molar refractivity (Wildman–Crippen MR) is 110 cm³/mol. The van der Waals surface area contributed by atoms with Crippen LogP contribution >= 0.6 is 0 Å². The van der Waals surface area contributed by atoms with Gasteiger partial charge in [0.1, 0.15) is 5.75 Å². The number of hydrogen-bond donors (Lipinski definition) is 2. The molecule has 1 aliphatic rings. The maximum absolute atomic E-state index is 12.7. The lowest BCUT2D eigenvalue weighted by atomic mass is 10.1. The number of nitrogens with one attached hydrogen (secondary N) is 2. The molecule has 2 aromatic rings. The smallest absolute Gasteiger partial charge is 0.282 e. The van der Waals surface area contributed by atoms with Crippen molar-refractivity contribution in [2.24, 2.45) is 0 Å². The Kier molecular flexibility index (Phi) is 6.01. The summed E-state index contributed by atoms with van der Waals surface area (Å²) in [6.07, 6.45) is 0. The minimum atomic E-state index is -0.101. The highest BCUT2D eigenvalue weighted by atomic mass is 16.5. The Morgan fingerprint density at radius 2 is 1.81 bits per heavy atom. The second-order valence-corrected chi connectivity index (χ2v) is 7.28. The standard InChI is InChI=1S/C22H29N3O2/c1-16-8-7-10-20(17(16)2)25-14-12-24(13-15-25)18(3)22(26)23-19-9-5-6-11-21(19)27-4/h5-11,18H,12-15H2,1-4H3,(H,23,26)/p+1/t18-/m1/s1. The largest absolute Gasteiger partial charge is 0.495 e. The van der Waals surface area contributed by atoms with Gasteiger partial charge in [-0.3, -0.25) is 4.79 Å². The fourth-order valence-electron chi connectivity index (χ4n) is 3.72. The predicted octanol–water partition coefficient (Wildman–Crippen LogP) is 2.04. The van der Waals surface area contributed by atoms with Gasteiger partial charge in [-0.1, -0.05) is 24.3 Å². The number of nitrogens with zero attached hydrogens (tertiary/aromatic N) is 1. The first-order chi connectivity index (χ1) is 13.0. The zero-order valence-corrected chi connectivity index (χ0v) is 16.7. The third kappa shape index (κ3) is 4.25. The Morgan fingerprint density at radius 3 is 2.52 bits per heavy atom. The first kappa shape index (κ1) is 19.2. The molecule has 0 saturated carbocycles. The highest BCUT2D eigenvalue weighted by molar-refractivity contribution is 5.94. The molecule has 144 valence electrons. The molecule has 1 saturated heterocycles. The lowest BCUT2D eigenvalue weighted by Crippen LogP contribution is -3.19. The van der Waals surface area contributed by atoms with Crippen molar-refractivity contribution in [2.45, 2.75) is 26.8 Å². The number of carbonyl (C=O) groups is 1. The minimum Gasteiger partial charge on any atom is -0.495 e. The van der Waals surface area contributed by atoms with Crippen LogP contribution in [0.25, 0.3) is 0 Å². The third-order valence-corrected chi connectivity index (χ3v) is 5.69. The molecule has 0 spiro atoms. The number of quaternary nitrogens is 1. The van der Waals surface area contributed by atoms with Crippen molar-refractivity contribution in [3.05, 3.63) is 53.6 Å². The normalized spacial score (nSPS) is 16.1. The van der Waals surface area contributed by atoms with E-state index in [1.807, 2.05) is 31.2 Å². The Labute approximate surface area is 161 Å². The van der Waals surface area contributed by atoms with Crippen LogP contribution in [-0.2, 0) is 4.79 Å². The molecule has 0 aliphatic carbocycles. The van der Waals surface area contributed by atoms with Crippen LogP contribution in [0.15, 0.2) is 42.5 Å². The molecule has 2 N–H and O–H groups in total. The summed E-state index contributed by atoms with van der Waals surface area (Å²) in [5, 5.41) is 3.02. The van der Waals surface area contributed by atoms with E-state index < -0.39 is 0 Å². The number of piperazine rings is 1. The molecule has 3 rings (SSSR count). The van der Waals surface area contributed by atoms with Crippen molar-refractivity contribution in [3.63, 3.8) is 0 Å². The topological polar surface area (TPSA) is 46.0 Å². The van der Waals surface area contributed by atoms with E-state index in [-0.39, 0.29) is 11.9 Å². The van der Waals surface area contributed by atoms with Crippen molar-refractivity contribution < 1.29 is 14.4 Å². The number of amides is 1. The van der Waals surface area contributed by atoms with Crippen LogP contribution in [0.1, 0.15) is 18.1 Å². The van der Waals surface area contributed by atoms with Crippen molar-refractivity contribution in [3.8, 4) is 5.75 Å². The number of anilines is 2. The molecule has 1 aliphatic heterocycles. The fourth-order valence-corrected chi connectivity index (χ4v) is 3.72. The van der Waals surface area contributed by atoms with Crippen LogP contribution in [0.3, 0.4) is 0 Å². The van der Waals surface area contributed by atoms with E-state index >= 15 is 0 Å². The van der Waals surface area contributed by atoms with Crippen molar-refractivity contribution in [1.82, 2.24) is 0 Å². The maximum Gasteiger partial charge on any atom is 0.282 e. The first-order valence-electron chi connectivity index (χ1n) is 9.61. The van der Waals surface area contributed by atoms with Gasteiger partial charge in [-0.15, -0.1) is 0 Å². The van der Waals surface area contributed by atoms with Crippen LogP contribution in [0, 0.1) is 13.8 Å². The molecule has 0 aromatic heterocycles. The molecular weight excluding hydrogens is 338 g/mol. The monoisotopic (exact) mass is 368 g/mol. The van der Waals surface area contributed by atoms with Crippen molar-refractivity contribution in [1.29, 1.82) is 0 Å². The first-order valence-corrected chi connectivity index (χ1v) is 9.61. The average Bonchev–Trinajstić information content (AvgIpc) is 2.70. The van der Waals surface area contributed by atoms with Crippen LogP contribution in [0.5, 0.6) is 5.75 Å². The number of carbonyl (C=O) groups excluding carboxylic acids is 1. The fraction of sp³-hybridized carbons (Fsp3) is 0.409. The SMILES string of the molecule is COc1ccccc1NC(=O)[C@@H](C)[NH+]1CCN(c2cccc(C)c2C)CC1. The number of hydrogen-bond acceptors (Lipinski definition) is 3. The van der Waals surface area contributed by atoms with Crippen molar-refractivity contribution >= 4 is 17.3 Å². The van der Waals surface area contributed by atoms with Crippen LogP contribution < -0.4 is 19.9 Å². The molecule has 1 heterocycles. The van der Waals surface area contributed by atoms with E-state index in [0.717, 1.165) is 31.9 Å². The molecule has 0 unspecified atom stereocenters. The summed E-state index contributed by atoms with van der Waals surface area (Å²) in [4.78, 5) is 16.5. The molecule has 1 fully saturated rings. The lowest BCUT2D eigenvalue weighted by Gasteiger charge is -2.36. The van der Waals surface area contributed by atoms with Gasteiger partial charge in [-0.05, 0) is 50.1 Å². The molecular formula is C22H30N3O2+. The van der Waals surface area contributed by atoms with Gasteiger partial charge in [0.2, 0.25) is 0 Å². The van der Waals surface area contributed by atoms with Crippen LogP contribution in [0.2, 0.25) is 0 Å². The summed E-state index contributed by atoms with van der Waals surface area (Å²) >= 11 is 0. The third-order valence-electron chi connectivity index (χ3n) is 5.69. The van der Waals surface area contributed by atoms with Gasteiger partial charge in [0, 0.05) is 5.69 Å². The molecule has 27 heavy (non-hydrogen) atoms. The number of aryl methyl sites for hydroxylation is 1. The Morgan fingerprint density at radius 1 is 1.11 bits per heavy atom. The number of rotatable bonds is 5. The van der Waals surface area contributed by atoms with Gasteiger partial charge in [0.15, 0.2) is 6.04 Å². The van der Waals surface area contributed by atoms with Crippen LogP contribution in [-0.4, -0.2) is 45.2 Å². The number of para-hydroxylation sites is 2. The van der Waals surface area contributed by atoms with E-state index in [1.165, 1.54) is 21.7 Å². The molecule has 0 radical (unpaired) electrons. The summed E-state index contributed by atoms with van der Waals surface area (Å²) < 4.78 is 5.33. The molecule has 5 heteroatoms. The second-order valence-electron chi connectivity index (χ2n) is 7.28. The lowest BCUT2D eigenvalue weighted by molar-refractivity contribution is -0.914. The van der Waals surface area contributed by atoms with E-state index in [1.54, 1.807) is 7.11 Å². The zero-order chi connectivity index (χ0) is 19.4. The Hall–Kier alpha value is -2.53. The van der Waals surface area contributed by atoms with E-state index in [0.29, 0.717) is 5.75 Å².